The average molecular weight is 385 g/mol. The maximum absolute atomic E-state index is 12.9. The zero-order valence-electron chi connectivity index (χ0n) is 18.1. The van der Waals surface area contributed by atoms with Gasteiger partial charge in [-0.05, 0) is 26.2 Å². The first-order valence-electron chi connectivity index (χ1n) is 11.0. The lowest BCUT2D eigenvalue weighted by atomic mass is 9.66. The third kappa shape index (κ3) is 5.11. The highest BCUT2D eigenvalue weighted by molar-refractivity contribution is 6.03. The van der Waals surface area contributed by atoms with Crippen molar-refractivity contribution in [3.05, 3.63) is 0 Å². The Morgan fingerprint density at radius 2 is 1.33 bits per heavy atom. The second-order valence-corrected chi connectivity index (χ2v) is 7.67. The number of cyclic esters (lactones) is 2. The summed E-state index contributed by atoms with van der Waals surface area (Å²) in [5.41, 5.74) is -1.06. The fourth-order valence-electron chi connectivity index (χ4n) is 4.31. The fourth-order valence-corrected chi connectivity index (χ4v) is 4.31. The molecule has 0 radical (unpaired) electrons. The topological polar surface area (TPSA) is 61.8 Å². The quantitative estimate of drug-likeness (QED) is 0.164. The number of rotatable bonds is 15. The van der Waals surface area contributed by atoms with Crippen molar-refractivity contribution in [1.29, 1.82) is 0 Å². The molecule has 5 heteroatoms. The molecule has 0 bridgehead atoms. The molecule has 1 saturated heterocycles. The molecule has 5 nitrogen and oxygen atoms in total. The zero-order chi connectivity index (χ0) is 20.3. The van der Waals surface area contributed by atoms with Crippen molar-refractivity contribution in [3.63, 3.8) is 0 Å². The molecule has 0 saturated carbocycles. The van der Waals surface area contributed by atoms with Gasteiger partial charge in [-0.15, -0.1) is 0 Å². The third-order valence-corrected chi connectivity index (χ3v) is 5.98. The van der Waals surface area contributed by atoms with E-state index in [4.69, 9.17) is 14.2 Å². The van der Waals surface area contributed by atoms with Crippen LogP contribution in [0.15, 0.2) is 0 Å². The van der Waals surface area contributed by atoms with Crippen LogP contribution < -0.4 is 0 Å². The van der Waals surface area contributed by atoms with E-state index in [0.29, 0.717) is 6.42 Å². The molecule has 0 aromatic rings. The Kier molecular flexibility index (Phi) is 10.5. The Morgan fingerprint density at radius 3 is 1.81 bits per heavy atom. The van der Waals surface area contributed by atoms with Gasteiger partial charge in [0.25, 0.3) is 5.79 Å². The SMILES string of the molecule is CCCCCCCCCCC1(C(C)CC)C(=O)OC(=O)C1(OCC)OCC. The average Bonchev–Trinajstić information content (AvgIpc) is 2.85. The highest BCUT2D eigenvalue weighted by Gasteiger charge is 2.72. The van der Waals surface area contributed by atoms with Gasteiger partial charge in [0, 0.05) is 13.2 Å². The molecule has 0 aromatic heterocycles. The van der Waals surface area contributed by atoms with Gasteiger partial charge in [0.15, 0.2) is 0 Å². The van der Waals surface area contributed by atoms with E-state index in [1.54, 1.807) is 0 Å². The van der Waals surface area contributed by atoms with Crippen molar-refractivity contribution in [2.24, 2.45) is 11.3 Å². The molecule has 27 heavy (non-hydrogen) atoms. The fraction of sp³-hybridized carbons (Fsp3) is 0.909. The summed E-state index contributed by atoms with van der Waals surface area (Å²) >= 11 is 0. The van der Waals surface area contributed by atoms with Gasteiger partial charge >= 0.3 is 11.9 Å². The van der Waals surface area contributed by atoms with Crippen LogP contribution in [0.25, 0.3) is 0 Å². The van der Waals surface area contributed by atoms with E-state index in [0.717, 1.165) is 25.7 Å². The van der Waals surface area contributed by atoms with Gasteiger partial charge in [0.1, 0.15) is 5.41 Å². The molecule has 0 amide bonds. The van der Waals surface area contributed by atoms with Gasteiger partial charge < -0.3 is 14.2 Å². The van der Waals surface area contributed by atoms with Gasteiger partial charge in [-0.3, -0.25) is 4.79 Å². The summed E-state index contributed by atoms with van der Waals surface area (Å²) in [4.78, 5) is 25.6. The third-order valence-electron chi connectivity index (χ3n) is 5.98. The molecule has 1 rings (SSSR count). The predicted octanol–water partition coefficient (Wildman–Crippen LogP) is 5.40. The number of ether oxygens (including phenoxy) is 3. The Labute approximate surface area is 165 Å². The van der Waals surface area contributed by atoms with Gasteiger partial charge in [0.05, 0.1) is 0 Å². The molecule has 158 valence electrons. The number of hydrogen-bond acceptors (Lipinski definition) is 5. The summed E-state index contributed by atoms with van der Waals surface area (Å²) in [6, 6.07) is 0. The van der Waals surface area contributed by atoms with Crippen molar-refractivity contribution < 1.29 is 23.8 Å². The van der Waals surface area contributed by atoms with Crippen molar-refractivity contribution in [2.45, 2.75) is 105 Å². The maximum atomic E-state index is 12.9. The van der Waals surface area contributed by atoms with Crippen molar-refractivity contribution >= 4 is 11.9 Å². The largest absolute Gasteiger partial charge is 0.388 e. The van der Waals surface area contributed by atoms with Crippen LogP contribution in [0.4, 0.5) is 0 Å². The number of unbranched alkanes of at least 4 members (excludes halogenated alkanes) is 7. The van der Waals surface area contributed by atoms with E-state index in [1.807, 2.05) is 27.7 Å². The molecule has 1 fully saturated rings. The predicted molar refractivity (Wildman–Crippen MR) is 106 cm³/mol. The Hall–Kier alpha value is -0.940. The lowest BCUT2D eigenvalue weighted by Crippen LogP contribution is -2.58. The number of carbonyl (C=O) groups is 2. The summed E-state index contributed by atoms with van der Waals surface area (Å²) in [5, 5.41) is 0. The first-order chi connectivity index (χ1) is 13.0. The van der Waals surface area contributed by atoms with Gasteiger partial charge in [-0.2, -0.15) is 0 Å². The maximum Gasteiger partial charge on any atom is 0.375 e. The van der Waals surface area contributed by atoms with E-state index in [1.165, 1.54) is 32.1 Å². The molecule has 0 aliphatic carbocycles. The molecule has 2 atom stereocenters. The van der Waals surface area contributed by atoms with E-state index < -0.39 is 23.1 Å². The molecule has 0 aromatic carbocycles. The summed E-state index contributed by atoms with van der Waals surface area (Å²) in [6.45, 7) is 10.5. The van der Waals surface area contributed by atoms with Crippen molar-refractivity contribution in [1.82, 2.24) is 0 Å². The molecule has 1 aliphatic heterocycles. The summed E-state index contributed by atoms with van der Waals surface area (Å²) in [5.74, 6) is -2.84. The minimum Gasteiger partial charge on any atom is -0.388 e. The molecule has 0 spiro atoms. The van der Waals surface area contributed by atoms with E-state index in [-0.39, 0.29) is 19.1 Å². The number of carbonyl (C=O) groups excluding carboxylic acids is 2. The van der Waals surface area contributed by atoms with Gasteiger partial charge in [-0.1, -0.05) is 78.6 Å². The molecule has 2 unspecified atom stereocenters. The summed E-state index contributed by atoms with van der Waals surface area (Å²) in [6.07, 6.45) is 10.7. The minimum absolute atomic E-state index is 0.0703. The molecular formula is C22H40O5. The second-order valence-electron chi connectivity index (χ2n) is 7.67. The van der Waals surface area contributed by atoms with Crippen LogP contribution >= 0.6 is 0 Å². The summed E-state index contributed by atoms with van der Waals surface area (Å²) < 4.78 is 16.8. The highest BCUT2D eigenvalue weighted by Crippen LogP contribution is 2.53. The van der Waals surface area contributed by atoms with Gasteiger partial charge in [-0.25, -0.2) is 4.79 Å². The Balaban J connectivity index is 2.89. The minimum atomic E-state index is -1.61. The normalized spacial score (nSPS) is 22.9. The van der Waals surface area contributed by atoms with Crippen molar-refractivity contribution in [3.8, 4) is 0 Å². The van der Waals surface area contributed by atoms with Crippen LogP contribution in [0.3, 0.4) is 0 Å². The number of hydrogen-bond donors (Lipinski definition) is 0. The molecule has 1 aliphatic rings. The van der Waals surface area contributed by atoms with Crippen LogP contribution in [0.2, 0.25) is 0 Å². The van der Waals surface area contributed by atoms with Crippen LogP contribution in [0, 0.1) is 11.3 Å². The zero-order valence-corrected chi connectivity index (χ0v) is 18.1. The van der Waals surface area contributed by atoms with Gasteiger partial charge in [0.2, 0.25) is 0 Å². The lowest BCUT2D eigenvalue weighted by Gasteiger charge is -2.42. The summed E-state index contributed by atoms with van der Waals surface area (Å²) in [7, 11) is 0. The van der Waals surface area contributed by atoms with Crippen LogP contribution in [0.5, 0.6) is 0 Å². The monoisotopic (exact) mass is 384 g/mol. The van der Waals surface area contributed by atoms with Crippen LogP contribution in [0.1, 0.15) is 98.8 Å². The first-order valence-corrected chi connectivity index (χ1v) is 11.0. The Bertz CT molecular complexity index is 456. The highest BCUT2D eigenvalue weighted by atomic mass is 16.7. The van der Waals surface area contributed by atoms with E-state index >= 15 is 0 Å². The molecule has 0 N–H and O–H groups in total. The molecular weight excluding hydrogens is 344 g/mol. The smallest absolute Gasteiger partial charge is 0.375 e. The standard InChI is InChI=1S/C22H40O5/c1-6-10-11-12-13-14-15-16-17-21(18(5)7-2)19(23)27-20(24)22(21,25-8-3)26-9-4/h18H,6-17H2,1-5H3. The van der Waals surface area contributed by atoms with Crippen LogP contribution in [-0.4, -0.2) is 30.9 Å². The second kappa shape index (κ2) is 11.8. The first kappa shape index (κ1) is 24.1. The van der Waals surface area contributed by atoms with Crippen LogP contribution in [-0.2, 0) is 23.8 Å². The van der Waals surface area contributed by atoms with Crippen molar-refractivity contribution in [2.75, 3.05) is 13.2 Å². The number of esters is 2. The van der Waals surface area contributed by atoms with E-state index in [9.17, 15) is 9.59 Å². The lowest BCUT2D eigenvalue weighted by molar-refractivity contribution is -0.274. The van der Waals surface area contributed by atoms with E-state index in [2.05, 4.69) is 6.92 Å². The Morgan fingerprint density at radius 1 is 0.815 bits per heavy atom. The molecule has 1 heterocycles.